The summed E-state index contributed by atoms with van der Waals surface area (Å²) in [6.45, 7) is 0.916. The Hall–Kier alpha value is -4.17. The van der Waals surface area contributed by atoms with Gasteiger partial charge in [0.05, 0.1) is 28.9 Å². The lowest BCUT2D eigenvalue weighted by Crippen LogP contribution is -2.55. The molecule has 2 atom stereocenters. The third-order valence-electron chi connectivity index (χ3n) is 8.03. The van der Waals surface area contributed by atoms with E-state index in [2.05, 4.69) is 10.2 Å². The Balaban J connectivity index is 1.58. The summed E-state index contributed by atoms with van der Waals surface area (Å²) in [7, 11) is 1.98. The lowest BCUT2D eigenvalue weighted by atomic mass is 9.83. The number of nitriles is 1. The molecule has 214 valence electrons. The molecule has 0 saturated carbocycles. The molecule has 41 heavy (non-hydrogen) atoms. The zero-order valence-electron chi connectivity index (χ0n) is 22.6. The summed E-state index contributed by atoms with van der Waals surface area (Å²) in [5.41, 5.74) is 0.586. The van der Waals surface area contributed by atoms with Gasteiger partial charge in [0, 0.05) is 30.3 Å². The Morgan fingerprint density at radius 3 is 2.51 bits per heavy atom. The van der Waals surface area contributed by atoms with Crippen LogP contribution in [0.5, 0.6) is 0 Å². The molecule has 0 bridgehead atoms. The minimum Gasteiger partial charge on any atom is -0.353 e. The van der Waals surface area contributed by atoms with E-state index in [1.807, 2.05) is 13.1 Å². The Morgan fingerprint density at radius 1 is 1.10 bits per heavy atom. The number of amides is 3. The van der Waals surface area contributed by atoms with Crippen molar-refractivity contribution < 1.29 is 27.6 Å². The van der Waals surface area contributed by atoms with E-state index < -0.39 is 36.3 Å². The lowest BCUT2D eigenvalue weighted by Gasteiger charge is -2.45. The van der Waals surface area contributed by atoms with Crippen molar-refractivity contribution in [2.75, 3.05) is 31.6 Å². The summed E-state index contributed by atoms with van der Waals surface area (Å²) in [6, 6.07) is 11.4. The van der Waals surface area contributed by atoms with Crippen LogP contribution in [0, 0.1) is 11.3 Å². The molecule has 2 unspecified atom stereocenters. The molecule has 3 aliphatic rings. The monoisotopic (exact) mass is 565 g/mol. The summed E-state index contributed by atoms with van der Waals surface area (Å²) < 4.78 is 40.8. The molecule has 3 amide bonds. The molecule has 0 radical (unpaired) electrons. The van der Waals surface area contributed by atoms with Gasteiger partial charge in [-0.15, -0.1) is 0 Å². The molecule has 0 spiro atoms. The maximum Gasteiger partial charge on any atom is 0.416 e. The number of anilines is 1. The average Bonchev–Trinajstić information content (AvgIpc) is 3.37. The van der Waals surface area contributed by atoms with Crippen LogP contribution < -0.4 is 10.2 Å². The molecular weight excluding hydrogens is 535 g/mol. The number of likely N-dealkylation sites (N-methyl/N-ethyl adjacent to an activating group) is 1. The molecule has 1 aliphatic carbocycles. The van der Waals surface area contributed by atoms with Crippen molar-refractivity contribution in [1.29, 1.82) is 5.26 Å². The van der Waals surface area contributed by atoms with Crippen molar-refractivity contribution in [3.05, 3.63) is 76.5 Å². The molecule has 2 heterocycles. The second kappa shape index (κ2) is 11.4. The average molecular weight is 566 g/mol. The summed E-state index contributed by atoms with van der Waals surface area (Å²) in [5, 5.41) is 12.2. The van der Waals surface area contributed by atoms with E-state index in [4.69, 9.17) is 0 Å². The number of allylic oxidation sites excluding steroid dienone is 1. The van der Waals surface area contributed by atoms with E-state index in [0.717, 1.165) is 36.4 Å². The second-order valence-electron chi connectivity index (χ2n) is 10.6. The minimum absolute atomic E-state index is 0.0247. The Labute approximate surface area is 236 Å². The van der Waals surface area contributed by atoms with Gasteiger partial charge in [0.25, 0.3) is 0 Å². The summed E-state index contributed by atoms with van der Waals surface area (Å²) >= 11 is 0. The van der Waals surface area contributed by atoms with E-state index >= 15 is 0 Å². The summed E-state index contributed by atoms with van der Waals surface area (Å²) in [5.74, 6) is -0.670. The van der Waals surface area contributed by atoms with Crippen molar-refractivity contribution in [2.24, 2.45) is 0 Å². The first kappa shape index (κ1) is 28.4. The topological polar surface area (TPSA) is 96.8 Å². The van der Waals surface area contributed by atoms with Crippen LogP contribution in [0.25, 0.3) is 0 Å². The van der Waals surface area contributed by atoms with Gasteiger partial charge in [0.15, 0.2) is 5.78 Å². The molecule has 2 aliphatic heterocycles. The minimum atomic E-state index is -4.63. The highest BCUT2D eigenvalue weighted by atomic mass is 19.4. The van der Waals surface area contributed by atoms with E-state index in [1.165, 1.54) is 17.0 Å². The molecule has 1 fully saturated rings. The Bertz CT molecular complexity index is 1430. The molecule has 8 nitrogen and oxygen atoms in total. The highest BCUT2D eigenvalue weighted by Crippen LogP contribution is 2.44. The number of Topliss-reactive ketones (excluding diaryl/α,β-unsaturated/α-hetero) is 1. The fourth-order valence-corrected chi connectivity index (χ4v) is 5.91. The number of hydrogen-bond acceptors (Lipinski definition) is 5. The molecule has 11 heteroatoms. The van der Waals surface area contributed by atoms with Crippen LogP contribution in [0.2, 0.25) is 0 Å². The van der Waals surface area contributed by atoms with Crippen LogP contribution in [0.1, 0.15) is 54.8 Å². The number of carbonyl (C=O) groups is 3. The number of nitrogens with zero attached hydrogens (tertiary/aromatic N) is 4. The van der Waals surface area contributed by atoms with Crippen molar-refractivity contribution >= 4 is 23.4 Å². The Kier molecular flexibility index (Phi) is 7.87. The third kappa shape index (κ3) is 5.70. The number of likely N-dealkylation sites (tertiary alicyclic amines) is 1. The highest BCUT2D eigenvalue weighted by Gasteiger charge is 2.45. The van der Waals surface area contributed by atoms with Crippen LogP contribution in [0.3, 0.4) is 0 Å². The van der Waals surface area contributed by atoms with E-state index in [-0.39, 0.29) is 29.5 Å². The van der Waals surface area contributed by atoms with E-state index in [1.54, 1.807) is 24.3 Å². The number of benzene rings is 2. The van der Waals surface area contributed by atoms with Gasteiger partial charge in [-0.25, -0.2) is 4.79 Å². The number of nitrogens with one attached hydrogen (secondary N) is 1. The quantitative estimate of drug-likeness (QED) is 0.544. The maximum absolute atomic E-state index is 14.2. The van der Waals surface area contributed by atoms with Gasteiger partial charge >= 0.3 is 12.2 Å². The zero-order valence-corrected chi connectivity index (χ0v) is 22.6. The zero-order chi connectivity index (χ0) is 29.3. The standard InChI is InChI=1S/C30H30F3N5O3/c1-36-14-4-7-23(36)17-35-26(40)18-37-28(20-12-10-19(16-34)11-13-20)27-24(8-3-9-25(27)39)38(29(37)41)22-6-2-5-21(15-22)30(31,32)33/h2,5-6,10-13,15,23,28H,3-4,7-9,14,17-18H2,1H3,(H,35,40). The molecule has 5 rings (SSSR count). The number of rotatable bonds is 6. The summed E-state index contributed by atoms with van der Waals surface area (Å²) in [4.78, 5) is 45.4. The van der Waals surface area contributed by atoms with Gasteiger partial charge in [-0.3, -0.25) is 14.5 Å². The first-order valence-electron chi connectivity index (χ1n) is 13.6. The first-order valence-corrected chi connectivity index (χ1v) is 13.6. The molecule has 2 aromatic carbocycles. The van der Waals surface area contributed by atoms with Crippen LogP contribution >= 0.6 is 0 Å². The van der Waals surface area contributed by atoms with E-state index in [9.17, 15) is 32.8 Å². The van der Waals surface area contributed by atoms with Crippen LogP contribution in [-0.4, -0.2) is 60.2 Å². The molecule has 1 saturated heterocycles. The fourth-order valence-electron chi connectivity index (χ4n) is 5.91. The summed E-state index contributed by atoms with van der Waals surface area (Å²) in [6.07, 6.45) is -1.72. The second-order valence-corrected chi connectivity index (χ2v) is 10.6. The number of hydrogen-bond donors (Lipinski definition) is 1. The largest absolute Gasteiger partial charge is 0.416 e. The predicted molar refractivity (Wildman–Crippen MR) is 144 cm³/mol. The molecular formula is C30H30F3N5O3. The first-order chi connectivity index (χ1) is 19.6. The third-order valence-corrected chi connectivity index (χ3v) is 8.03. The van der Waals surface area contributed by atoms with Gasteiger partial charge in [-0.1, -0.05) is 18.2 Å². The number of carbonyl (C=O) groups excluding carboxylic acids is 3. The van der Waals surface area contributed by atoms with Gasteiger partial charge in [0.1, 0.15) is 6.54 Å². The lowest BCUT2D eigenvalue weighted by molar-refractivity contribution is -0.137. The smallest absolute Gasteiger partial charge is 0.353 e. The van der Waals surface area contributed by atoms with Gasteiger partial charge in [-0.2, -0.15) is 18.4 Å². The van der Waals surface area contributed by atoms with Crippen molar-refractivity contribution in [1.82, 2.24) is 15.1 Å². The van der Waals surface area contributed by atoms with Gasteiger partial charge in [-0.05, 0) is 75.2 Å². The molecule has 2 aromatic rings. The normalized spacial score (nSPS) is 21.6. The van der Waals surface area contributed by atoms with Crippen LogP contribution in [0.15, 0.2) is 59.8 Å². The highest BCUT2D eigenvalue weighted by molar-refractivity contribution is 6.07. The van der Waals surface area contributed by atoms with Gasteiger partial charge < -0.3 is 15.1 Å². The van der Waals surface area contributed by atoms with Crippen LogP contribution in [0.4, 0.5) is 23.7 Å². The molecule has 0 aromatic heterocycles. The van der Waals surface area contributed by atoms with Crippen molar-refractivity contribution in [3.8, 4) is 6.07 Å². The number of ketones is 1. The fraction of sp³-hybridized carbons (Fsp3) is 0.400. The predicted octanol–water partition coefficient (Wildman–Crippen LogP) is 4.78. The van der Waals surface area contributed by atoms with Crippen LogP contribution in [-0.2, 0) is 15.8 Å². The number of alkyl halides is 3. The number of halogens is 3. The van der Waals surface area contributed by atoms with E-state index in [0.29, 0.717) is 36.2 Å². The van der Waals surface area contributed by atoms with Crippen molar-refractivity contribution in [2.45, 2.75) is 50.4 Å². The van der Waals surface area contributed by atoms with Gasteiger partial charge in [0.2, 0.25) is 5.91 Å². The Morgan fingerprint density at radius 2 is 1.85 bits per heavy atom. The SMILES string of the molecule is CN1CCCC1CNC(=O)CN1C(=O)N(c2cccc(C(F)(F)F)c2)C2=C(C(=O)CCC2)C1c1ccc(C#N)cc1. The molecule has 1 N–H and O–H groups in total. The maximum atomic E-state index is 14.2. The number of urea groups is 1. The van der Waals surface area contributed by atoms with Crippen molar-refractivity contribution in [3.63, 3.8) is 0 Å².